The lowest BCUT2D eigenvalue weighted by molar-refractivity contribution is -0.137. The van der Waals surface area contributed by atoms with Gasteiger partial charge in [0, 0.05) is 36.0 Å². The van der Waals surface area contributed by atoms with Crippen LogP contribution in [0.4, 0.5) is 5.69 Å². The van der Waals surface area contributed by atoms with Gasteiger partial charge in [0.1, 0.15) is 22.9 Å². The number of hydrogen-bond donors (Lipinski definition) is 1. The number of amides is 2. The molecule has 0 radical (unpaired) electrons. The van der Waals surface area contributed by atoms with Crippen LogP contribution >= 0.6 is 0 Å². The first-order chi connectivity index (χ1) is 14.4. The summed E-state index contributed by atoms with van der Waals surface area (Å²) < 4.78 is 16.1. The molecule has 0 atom stereocenters. The molecule has 30 heavy (non-hydrogen) atoms. The van der Waals surface area contributed by atoms with Crippen molar-refractivity contribution < 1.29 is 23.8 Å². The molecule has 0 saturated carbocycles. The third kappa shape index (κ3) is 4.10. The quantitative estimate of drug-likeness (QED) is 0.671. The van der Waals surface area contributed by atoms with Crippen molar-refractivity contribution in [3.05, 3.63) is 53.7 Å². The lowest BCUT2D eigenvalue weighted by Gasteiger charge is -2.17. The van der Waals surface area contributed by atoms with Gasteiger partial charge >= 0.3 is 0 Å². The molecule has 0 saturated heterocycles. The molecule has 2 aromatic carbocycles. The number of para-hydroxylation sites is 1. The van der Waals surface area contributed by atoms with Crippen molar-refractivity contribution in [2.24, 2.45) is 5.92 Å². The molecule has 0 bridgehead atoms. The van der Waals surface area contributed by atoms with Crippen LogP contribution in [0, 0.1) is 5.92 Å². The van der Waals surface area contributed by atoms with Gasteiger partial charge in [0.05, 0.1) is 26.9 Å². The Bertz CT molecular complexity index is 975. The number of rotatable bonds is 8. The maximum Gasteiger partial charge on any atom is 0.278 e. The molecule has 0 unspecified atom stereocenters. The van der Waals surface area contributed by atoms with E-state index in [4.69, 9.17) is 14.2 Å². The number of imide groups is 1. The normalized spacial score (nSPS) is 13.9. The van der Waals surface area contributed by atoms with Gasteiger partial charge in [-0.25, -0.2) is 0 Å². The van der Waals surface area contributed by atoms with Crippen LogP contribution in [0.2, 0.25) is 0 Å². The Hall–Kier alpha value is -3.48. The lowest BCUT2D eigenvalue weighted by Crippen LogP contribution is -2.35. The van der Waals surface area contributed by atoms with Gasteiger partial charge in [-0.3, -0.25) is 14.5 Å². The second kappa shape index (κ2) is 8.90. The lowest BCUT2D eigenvalue weighted by atomic mass is 10.0. The standard InChI is InChI=1S/C23H26N2O5/c1-14(2)13-25-22(26)20(18-8-6-7-9-19(18)30-5)21(23(25)27)24-15-10-16(28-3)12-17(11-15)29-4/h6-12,14,24H,13H2,1-5H3. The van der Waals surface area contributed by atoms with Gasteiger partial charge in [0.25, 0.3) is 11.8 Å². The van der Waals surface area contributed by atoms with Gasteiger partial charge in [0.2, 0.25) is 0 Å². The Morgan fingerprint density at radius 1 is 0.900 bits per heavy atom. The molecule has 2 aromatic rings. The molecule has 158 valence electrons. The fourth-order valence-electron chi connectivity index (χ4n) is 3.35. The number of benzene rings is 2. The monoisotopic (exact) mass is 410 g/mol. The summed E-state index contributed by atoms with van der Waals surface area (Å²) in [6, 6.07) is 12.4. The number of methoxy groups -OCH3 is 3. The van der Waals surface area contributed by atoms with Crippen LogP contribution in [0.3, 0.4) is 0 Å². The summed E-state index contributed by atoms with van der Waals surface area (Å²) in [5.74, 6) is 1.04. The van der Waals surface area contributed by atoms with Crippen LogP contribution in [0.5, 0.6) is 17.2 Å². The molecule has 1 N–H and O–H groups in total. The van der Waals surface area contributed by atoms with Crippen molar-refractivity contribution in [2.75, 3.05) is 33.2 Å². The number of carbonyl (C=O) groups is 2. The number of hydrogen-bond acceptors (Lipinski definition) is 6. The van der Waals surface area contributed by atoms with Crippen molar-refractivity contribution >= 4 is 23.1 Å². The van der Waals surface area contributed by atoms with Gasteiger partial charge in [-0.15, -0.1) is 0 Å². The molecular formula is C23H26N2O5. The van der Waals surface area contributed by atoms with Gasteiger partial charge < -0.3 is 19.5 Å². The molecule has 0 spiro atoms. The molecule has 2 amide bonds. The van der Waals surface area contributed by atoms with Gasteiger partial charge in [-0.2, -0.15) is 0 Å². The summed E-state index contributed by atoms with van der Waals surface area (Å²) >= 11 is 0. The minimum Gasteiger partial charge on any atom is -0.497 e. The highest BCUT2D eigenvalue weighted by Crippen LogP contribution is 2.36. The average molecular weight is 410 g/mol. The van der Waals surface area contributed by atoms with E-state index in [2.05, 4.69) is 5.32 Å². The second-order valence-corrected chi connectivity index (χ2v) is 7.29. The largest absolute Gasteiger partial charge is 0.497 e. The highest BCUT2D eigenvalue weighted by molar-refractivity contribution is 6.37. The summed E-state index contributed by atoms with van der Waals surface area (Å²) in [7, 11) is 4.63. The summed E-state index contributed by atoms with van der Waals surface area (Å²) in [5, 5.41) is 3.13. The van der Waals surface area contributed by atoms with E-state index in [9.17, 15) is 9.59 Å². The second-order valence-electron chi connectivity index (χ2n) is 7.29. The minimum absolute atomic E-state index is 0.132. The molecule has 1 heterocycles. The van der Waals surface area contributed by atoms with Crippen LogP contribution in [-0.2, 0) is 9.59 Å². The van der Waals surface area contributed by atoms with E-state index in [0.717, 1.165) is 0 Å². The minimum atomic E-state index is -0.378. The van der Waals surface area contributed by atoms with Crippen LogP contribution in [-0.4, -0.2) is 44.6 Å². The van der Waals surface area contributed by atoms with Crippen molar-refractivity contribution in [3.63, 3.8) is 0 Å². The van der Waals surface area contributed by atoms with Crippen molar-refractivity contribution in [2.45, 2.75) is 13.8 Å². The molecule has 7 heteroatoms. The smallest absolute Gasteiger partial charge is 0.278 e. The van der Waals surface area contributed by atoms with Crippen LogP contribution in [0.25, 0.3) is 5.57 Å². The van der Waals surface area contributed by atoms with E-state index in [1.54, 1.807) is 50.6 Å². The van der Waals surface area contributed by atoms with Crippen molar-refractivity contribution in [1.82, 2.24) is 4.90 Å². The van der Waals surface area contributed by atoms with E-state index in [0.29, 0.717) is 35.0 Å². The highest BCUT2D eigenvalue weighted by Gasteiger charge is 2.40. The van der Waals surface area contributed by atoms with Gasteiger partial charge in [-0.05, 0) is 12.0 Å². The average Bonchev–Trinajstić information content (AvgIpc) is 2.97. The molecule has 0 aromatic heterocycles. The number of carbonyl (C=O) groups excluding carboxylic acids is 2. The number of anilines is 1. The Balaban J connectivity index is 2.13. The molecule has 1 aliphatic heterocycles. The molecular weight excluding hydrogens is 384 g/mol. The summed E-state index contributed by atoms with van der Waals surface area (Å²) in [6.45, 7) is 4.24. The Morgan fingerprint density at radius 3 is 2.10 bits per heavy atom. The van der Waals surface area contributed by atoms with Crippen molar-refractivity contribution in [3.8, 4) is 17.2 Å². The van der Waals surface area contributed by atoms with Gasteiger partial charge in [0.15, 0.2) is 0 Å². The zero-order valence-corrected chi connectivity index (χ0v) is 17.8. The fourth-order valence-corrected chi connectivity index (χ4v) is 3.35. The third-order valence-electron chi connectivity index (χ3n) is 4.71. The zero-order valence-electron chi connectivity index (χ0n) is 17.8. The van der Waals surface area contributed by atoms with E-state index in [-0.39, 0.29) is 29.0 Å². The molecule has 3 rings (SSSR count). The first kappa shape index (κ1) is 21.2. The Labute approximate surface area is 176 Å². The number of nitrogens with zero attached hydrogens (tertiary/aromatic N) is 1. The highest BCUT2D eigenvalue weighted by atomic mass is 16.5. The van der Waals surface area contributed by atoms with Crippen LogP contribution in [0.1, 0.15) is 19.4 Å². The van der Waals surface area contributed by atoms with Crippen LogP contribution in [0.15, 0.2) is 48.2 Å². The maximum atomic E-state index is 13.3. The Kier molecular flexibility index (Phi) is 6.30. The first-order valence-electron chi connectivity index (χ1n) is 9.63. The summed E-state index contributed by atoms with van der Waals surface area (Å²) in [4.78, 5) is 27.8. The number of nitrogens with one attached hydrogen (secondary N) is 1. The third-order valence-corrected chi connectivity index (χ3v) is 4.71. The summed E-state index contributed by atoms with van der Waals surface area (Å²) in [6.07, 6.45) is 0. The van der Waals surface area contributed by atoms with E-state index >= 15 is 0 Å². The Morgan fingerprint density at radius 2 is 1.53 bits per heavy atom. The van der Waals surface area contributed by atoms with E-state index in [1.165, 1.54) is 12.0 Å². The maximum absolute atomic E-state index is 13.3. The molecule has 7 nitrogen and oxygen atoms in total. The van der Waals surface area contributed by atoms with Gasteiger partial charge in [-0.1, -0.05) is 32.0 Å². The molecule has 0 aliphatic carbocycles. The van der Waals surface area contributed by atoms with E-state index < -0.39 is 0 Å². The topological polar surface area (TPSA) is 77.1 Å². The van der Waals surface area contributed by atoms with E-state index in [1.807, 2.05) is 19.9 Å². The van der Waals surface area contributed by atoms with Crippen LogP contribution < -0.4 is 19.5 Å². The molecule has 0 fully saturated rings. The van der Waals surface area contributed by atoms with Crippen molar-refractivity contribution in [1.29, 1.82) is 0 Å². The predicted molar refractivity (Wildman–Crippen MR) is 115 cm³/mol. The molecule has 1 aliphatic rings. The predicted octanol–water partition coefficient (Wildman–Crippen LogP) is 3.56. The fraction of sp³-hybridized carbons (Fsp3) is 0.304. The SMILES string of the molecule is COc1cc(NC2=C(c3ccccc3OC)C(=O)N(CC(C)C)C2=O)cc(OC)c1. The number of ether oxygens (including phenoxy) is 3. The zero-order chi connectivity index (χ0) is 21.8. The first-order valence-corrected chi connectivity index (χ1v) is 9.63. The summed E-state index contributed by atoms with van der Waals surface area (Å²) in [5.41, 5.74) is 1.60.